The first kappa shape index (κ1) is 12.6. The lowest BCUT2D eigenvalue weighted by Gasteiger charge is -2.23. The van der Waals surface area contributed by atoms with Crippen LogP contribution < -0.4 is 16.4 Å². The minimum absolute atomic E-state index is 0.0165. The quantitative estimate of drug-likeness (QED) is 0.787. The topological polar surface area (TPSA) is 72.3 Å². The number of halogens is 2. The molecule has 0 saturated heterocycles. The molecule has 0 heterocycles. The fraction of sp³-hybridized carbons (Fsp3) is 0.300. The van der Waals surface area contributed by atoms with E-state index in [1.807, 2.05) is 6.92 Å². The van der Waals surface area contributed by atoms with Crippen LogP contribution in [0.2, 0.25) is 5.02 Å². The van der Waals surface area contributed by atoms with Crippen molar-refractivity contribution in [2.45, 2.75) is 6.92 Å². The van der Waals surface area contributed by atoms with Gasteiger partial charge in [0.2, 0.25) is 5.91 Å². The zero-order valence-electron chi connectivity index (χ0n) is 8.84. The second kappa shape index (κ2) is 5.03. The molecular formula is C10H13ClFN3O. The van der Waals surface area contributed by atoms with Gasteiger partial charge in [-0.1, -0.05) is 11.6 Å². The first-order valence-corrected chi connectivity index (χ1v) is 5.11. The van der Waals surface area contributed by atoms with Gasteiger partial charge in [0, 0.05) is 12.6 Å². The van der Waals surface area contributed by atoms with Gasteiger partial charge < -0.3 is 16.4 Å². The molecule has 0 aliphatic heterocycles. The van der Waals surface area contributed by atoms with Crippen molar-refractivity contribution in [3.63, 3.8) is 0 Å². The summed E-state index contributed by atoms with van der Waals surface area (Å²) < 4.78 is 13.1. The lowest BCUT2D eigenvalue weighted by molar-refractivity contribution is -0.116. The number of amides is 1. The molecule has 0 bridgehead atoms. The molecular weight excluding hydrogens is 233 g/mol. The van der Waals surface area contributed by atoms with Crippen LogP contribution in [0, 0.1) is 5.82 Å². The monoisotopic (exact) mass is 245 g/mol. The van der Waals surface area contributed by atoms with Crippen molar-refractivity contribution in [2.75, 3.05) is 23.7 Å². The molecule has 1 amide bonds. The predicted octanol–water partition coefficient (Wildman–Crippen LogP) is 1.37. The first-order valence-electron chi connectivity index (χ1n) is 4.73. The van der Waals surface area contributed by atoms with E-state index in [1.165, 1.54) is 6.07 Å². The number of anilines is 2. The third-order valence-electron chi connectivity index (χ3n) is 2.14. The van der Waals surface area contributed by atoms with Crippen LogP contribution in [0.5, 0.6) is 0 Å². The van der Waals surface area contributed by atoms with Gasteiger partial charge in [-0.15, -0.1) is 0 Å². The fourth-order valence-electron chi connectivity index (χ4n) is 1.38. The Balaban J connectivity index is 3.09. The number of carbonyl (C=O) groups excluding carboxylic acids is 1. The summed E-state index contributed by atoms with van der Waals surface area (Å²) in [5, 5.41) is -0.0351. The number of nitrogens with two attached hydrogens (primary N) is 2. The SMILES string of the molecule is CCN(CC(N)=O)c1cc(Cl)c(F)cc1N. The van der Waals surface area contributed by atoms with Crippen LogP contribution in [0.3, 0.4) is 0 Å². The third kappa shape index (κ3) is 2.76. The van der Waals surface area contributed by atoms with Gasteiger partial charge in [0.05, 0.1) is 22.9 Å². The molecule has 1 rings (SSSR count). The van der Waals surface area contributed by atoms with Crippen LogP contribution in [0.4, 0.5) is 15.8 Å². The van der Waals surface area contributed by atoms with Gasteiger partial charge in [0.1, 0.15) is 5.82 Å². The number of nitrogen functional groups attached to an aromatic ring is 1. The predicted molar refractivity (Wildman–Crippen MR) is 62.9 cm³/mol. The highest BCUT2D eigenvalue weighted by Gasteiger charge is 2.13. The van der Waals surface area contributed by atoms with Gasteiger partial charge in [-0.2, -0.15) is 0 Å². The second-order valence-electron chi connectivity index (χ2n) is 3.31. The molecule has 0 unspecified atom stereocenters. The maximum absolute atomic E-state index is 13.1. The number of likely N-dealkylation sites (N-methyl/N-ethyl adjacent to an activating group) is 1. The zero-order valence-corrected chi connectivity index (χ0v) is 9.59. The van der Waals surface area contributed by atoms with Crippen molar-refractivity contribution in [1.29, 1.82) is 0 Å². The number of hydrogen-bond donors (Lipinski definition) is 2. The van der Waals surface area contributed by atoms with Gasteiger partial charge in [-0.05, 0) is 13.0 Å². The lowest BCUT2D eigenvalue weighted by atomic mass is 10.2. The molecule has 0 atom stereocenters. The number of hydrogen-bond acceptors (Lipinski definition) is 3. The van der Waals surface area contributed by atoms with E-state index in [0.717, 1.165) is 6.07 Å². The van der Waals surface area contributed by atoms with E-state index in [4.69, 9.17) is 23.1 Å². The molecule has 1 aromatic carbocycles. The van der Waals surface area contributed by atoms with Gasteiger partial charge in [0.25, 0.3) is 0 Å². The van der Waals surface area contributed by atoms with Crippen LogP contribution in [0.25, 0.3) is 0 Å². The Hall–Kier alpha value is -1.49. The second-order valence-corrected chi connectivity index (χ2v) is 3.71. The molecule has 0 spiro atoms. The molecule has 0 radical (unpaired) electrons. The van der Waals surface area contributed by atoms with E-state index < -0.39 is 11.7 Å². The summed E-state index contributed by atoms with van der Waals surface area (Å²) in [5.41, 5.74) is 11.5. The summed E-state index contributed by atoms with van der Waals surface area (Å²) in [4.78, 5) is 12.5. The maximum Gasteiger partial charge on any atom is 0.236 e. The summed E-state index contributed by atoms with van der Waals surface area (Å²) in [5.74, 6) is -1.07. The molecule has 0 saturated carbocycles. The molecule has 6 heteroatoms. The Labute approximate surface area is 98.0 Å². The van der Waals surface area contributed by atoms with E-state index in [-0.39, 0.29) is 17.3 Å². The highest BCUT2D eigenvalue weighted by molar-refractivity contribution is 6.31. The van der Waals surface area contributed by atoms with Gasteiger partial charge in [-0.3, -0.25) is 4.79 Å². The Morgan fingerprint density at radius 1 is 1.56 bits per heavy atom. The van der Waals surface area contributed by atoms with Crippen molar-refractivity contribution in [3.05, 3.63) is 23.0 Å². The minimum Gasteiger partial charge on any atom is -0.397 e. The average molecular weight is 246 g/mol. The number of benzene rings is 1. The van der Waals surface area contributed by atoms with Crippen LogP contribution in [0.1, 0.15) is 6.92 Å². The molecule has 4 N–H and O–H groups in total. The van der Waals surface area contributed by atoms with Crippen LogP contribution in [0.15, 0.2) is 12.1 Å². The third-order valence-corrected chi connectivity index (χ3v) is 2.43. The summed E-state index contributed by atoms with van der Waals surface area (Å²) in [6.07, 6.45) is 0. The summed E-state index contributed by atoms with van der Waals surface area (Å²) >= 11 is 5.65. The zero-order chi connectivity index (χ0) is 12.3. The molecule has 0 aromatic heterocycles. The number of nitrogens with zero attached hydrogens (tertiary/aromatic N) is 1. The number of primary amides is 1. The molecule has 4 nitrogen and oxygen atoms in total. The largest absolute Gasteiger partial charge is 0.397 e. The van der Waals surface area contributed by atoms with Gasteiger partial charge in [0.15, 0.2) is 0 Å². The summed E-state index contributed by atoms with van der Waals surface area (Å²) in [7, 11) is 0. The smallest absolute Gasteiger partial charge is 0.236 e. The first-order chi connectivity index (χ1) is 7.45. The van der Waals surface area contributed by atoms with E-state index in [0.29, 0.717) is 12.2 Å². The van der Waals surface area contributed by atoms with E-state index in [1.54, 1.807) is 4.90 Å². The van der Waals surface area contributed by atoms with Crippen molar-refractivity contribution < 1.29 is 9.18 Å². The van der Waals surface area contributed by atoms with Crippen molar-refractivity contribution in [2.24, 2.45) is 5.73 Å². The Kier molecular flexibility index (Phi) is 3.95. The van der Waals surface area contributed by atoms with E-state index in [2.05, 4.69) is 0 Å². The fourth-order valence-corrected chi connectivity index (χ4v) is 1.54. The molecule has 0 aliphatic carbocycles. The molecule has 1 aromatic rings. The maximum atomic E-state index is 13.1. The standard InChI is InChI=1S/C10H13ClFN3O/c1-2-15(5-10(14)16)9-3-6(11)7(12)4-8(9)13/h3-4H,2,5,13H2,1H3,(H2,14,16). The number of rotatable bonds is 4. The van der Waals surface area contributed by atoms with Crippen LogP contribution in [-0.4, -0.2) is 19.0 Å². The van der Waals surface area contributed by atoms with Gasteiger partial charge >= 0.3 is 0 Å². The van der Waals surface area contributed by atoms with Crippen molar-refractivity contribution in [3.8, 4) is 0 Å². The van der Waals surface area contributed by atoms with Crippen molar-refractivity contribution >= 4 is 28.9 Å². The average Bonchev–Trinajstić information content (AvgIpc) is 2.20. The van der Waals surface area contributed by atoms with E-state index >= 15 is 0 Å². The van der Waals surface area contributed by atoms with Crippen molar-refractivity contribution in [1.82, 2.24) is 0 Å². The molecule has 0 aliphatic rings. The number of carbonyl (C=O) groups is 1. The molecule has 0 fully saturated rings. The molecule has 16 heavy (non-hydrogen) atoms. The normalized spacial score (nSPS) is 10.2. The highest BCUT2D eigenvalue weighted by atomic mass is 35.5. The summed E-state index contributed by atoms with van der Waals surface area (Å²) in [6, 6.07) is 2.51. The minimum atomic E-state index is -0.585. The van der Waals surface area contributed by atoms with Crippen LogP contribution in [-0.2, 0) is 4.79 Å². The summed E-state index contributed by atoms with van der Waals surface area (Å²) in [6.45, 7) is 2.37. The Morgan fingerprint density at radius 2 is 2.19 bits per heavy atom. The Bertz CT molecular complexity index is 411. The Morgan fingerprint density at radius 3 is 2.69 bits per heavy atom. The van der Waals surface area contributed by atoms with Gasteiger partial charge in [-0.25, -0.2) is 4.39 Å². The van der Waals surface area contributed by atoms with Crippen LogP contribution >= 0.6 is 11.6 Å². The molecule has 88 valence electrons. The highest BCUT2D eigenvalue weighted by Crippen LogP contribution is 2.29. The van der Waals surface area contributed by atoms with E-state index in [9.17, 15) is 9.18 Å². The lowest BCUT2D eigenvalue weighted by Crippen LogP contribution is -2.34.